The zero-order valence-electron chi connectivity index (χ0n) is 12.3. The van der Waals surface area contributed by atoms with E-state index in [0.717, 1.165) is 11.1 Å². The number of ketones is 1. The quantitative estimate of drug-likeness (QED) is 0.597. The average molecular weight is 283 g/mol. The number of carbonyl (C=O) groups is 1. The molecule has 0 saturated heterocycles. The number of hydrogen-bond acceptors (Lipinski definition) is 3. The number of Topliss-reactive ketones (excluding diaryl/α,β-unsaturated/α-hetero) is 1. The number of carbonyl (C=O) groups excluding carboxylic acids is 1. The minimum atomic E-state index is -0.339. The molecule has 0 aliphatic heterocycles. The third-order valence-corrected chi connectivity index (χ3v) is 3.25. The van der Waals surface area contributed by atoms with Crippen LogP contribution in [0.3, 0.4) is 0 Å². The van der Waals surface area contributed by atoms with Gasteiger partial charge in [0.05, 0.1) is 12.6 Å². The Labute approximate surface area is 126 Å². The molecule has 3 nitrogen and oxygen atoms in total. The van der Waals surface area contributed by atoms with E-state index in [4.69, 9.17) is 4.74 Å². The number of ether oxygens (including phenoxy) is 1. The van der Waals surface area contributed by atoms with Gasteiger partial charge < -0.3 is 10.1 Å². The van der Waals surface area contributed by atoms with Gasteiger partial charge in [-0.2, -0.15) is 0 Å². The van der Waals surface area contributed by atoms with E-state index in [9.17, 15) is 4.79 Å². The topological polar surface area (TPSA) is 38.3 Å². The molecular weight excluding hydrogens is 262 g/mol. The lowest BCUT2D eigenvalue weighted by Gasteiger charge is -2.18. The van der Waals surface area contributed by atoms with Gasteiger partial charge in [-0.05, 0) is 12.5 Å². The van der Waals surface area contributed by atoms with Crippen LogP contribution in [0.1, 0.15) is 28.9 Å². The van der Waals surface area contributed by atoms with Crippen LogP contribution in [-0.2, 0) is 4.74 Å². The van der Waals surface area contributed by atoms with Gasteiger partial charge in [-0.15, -0.1) is 0 Å². The third-order valence-electron chi connectivity index (χ3n) is 3.25. The van der Waals surface area contributed by atoms with Crippen molar-refractivity contribution in [2.75, 3.05) is 19.8 Å². The molecule has 2 rings (SSSR count). The Morgan fingerprint density at radius 1 is 1.05 bits per heavy atom. The second-order valence-corrected chi connectivity index (χ2v) is 4.73. The Bertz CT molecular complexity index is 540. The summed E-state index contributed by atoms with van der Waals surface area (Å²) in [5, 5.41) is 3.29. The van der Waals surface area contributed by atoms with Crippen LogP contribution in [0.5, 0.6) is 0 Å². The highest BCUT2D eigenvalue weighted by Crippen LogP contribution is 2.18. The summed E-state index contributed by atoms with van der Waals surface area (Å²) in [6, 6.07) is 18.8. The molecule has 0 aromatic heterocycles. The van der Waals surface area contributed by atoms with Crippen molar-refractivity contribution in [1.29, 1.82) is 0 Å². The minimum Gasteiger partial charge on any atom is -0.380 e. The van der Waals surface area contributed by atoms with Crippen molar-refractivity contribution in [3.05, 3.63) is 71.8 Å². The van der Waals surface area contributed by atoms with Crippen molar-refractivity contribution >= 4 is 5.78 Å². The molecule has 1 N–H and O–H groups in total. The van der Waals surface area contributed by atoms with Crippen LogP contribution in [-0.4, -0.2) is 25.5 Å². The summed E-state index contributed by atoms with van der Waals surface area (Å²) in [5.41, 5.74) is 1.69. The van der Waals surface area contributed by atoms with Crippen LogP contribution in [0.25, 0.3) is 0 Å². The lowest BCUT2D eigenvalue weighted by atomic mass is 9.97. The average Bonchev–Trinajstić information content (AvgIpc) is 2.56. The van der Waals surface area contributed by atoms with E-state index < -0.39 is 0 Å². The predicted molar refractivity (Wildman–Crippen MR) is 84.5 cm³/mol. The SMILES string of the molecule is CCOCCNC(C(=O)c1ccccc1)c1ccccc1. The molecule has 0 aliphatic rings. The Morgan fingerprint density at radius 2 is 1.67 bits per heavy atom. The molecule has 3 heteroatoms. The second-order valence-electron chi connectivity index (χ2n) is 4.73. The zero-order valence-corrected chi connectivity index (χ0v) is 12.3. The van der Waals surface area contributed by atoms with Crippen molar-refractivity contribution in [3.8, 4) is 0 Å². The number of benzene rings is 2. The monoisotopic (exact) mass is 283 g/mol. The summed E-state index contributed by atoms with van der Waals surface area (Å²) in [6.45, 7) is 3.89. The van der Waals surface area contributed by atoms with E-state index in [1.54, 1.807) is 0 Å². The predicted octanol–water partition coefficient (Wildman–Crippen LogP) is 3.24. The second kappa shape index (κ2) is 8.35. The van der Waals surface area contributed by atoms with Crippen molar-refractivity contribution in [3.63, 3.8) is 0 Å². The van der Waals surface area contributed by atoms with E-state index in [2.05, 4.69) is 5.32 Å². The lowest BCUT2D eigenvalue weighted by molar-refractivity contribution is 0.0930. The van der Waals surface area contributed by atoms with Gasteiger partial charge in [0.2, 0.25) is 0 Å². The van der Waals surface area contributed by atoms with Gasteiger partial charge in [0.15, 0.2) is 5.78 Å². The largest absolute Gasteiger partial charge is 0.380 e. The maximum atomic E-state index is 12.7. The number of rotatable bonds is 8. The highest BCUT2D eigenvalue weighted by atomic mass is 16.5. The van der Waals surface area contributed by atoms with Gasteiger partial charge in [-0.1, -0.05) is 60.7 Å². The molecule has 1 atom stereocenters. The fraction of sp³-hybridized carbons (Fsp3) is 0.278. The molecule has 2 aromatic carbocycles. The van der Waals surface area contributed by atoms with Gasteiger partial charge in [0.1, 0.15) is 0 Å². The van der Waals surface area contributed by atoms with Gasteiger partial charge >= 0.3 is 0 Å². The summed E-state index contributed by atoms with van der Waals surface area (Å²) in [6.07, 6.45) is 0. The molecule has 0 spiro atoms. The van der Waals surface area contributed by atoms with Gasteiger partial charge in [-0.25, -0.2) is 0 Å². The minimum absolute atomic E-state index is 0.0818. The van der Waals surface area contributed by atoms with Crippen LogP contribution in [0.4, 0.5) is 0 Å². The van der Waals surface area contributed by atoms with Crippen molar-refractivity contribution in [2.45, 2.75) is 13.0 Å². The van der Waals surface area contributed by atoms with Gasteiger partial charge in [-0.3, -0.25) is 4.79 Å². The van der Waals surface area contributed by atoms with Crippen LogP contribution in [0.15, 0.2) is 60.7 Å². The molecule has 2 aromatic rings. The number of hydrogen-bond donors (Lipinski definition) is 1. The first-order valence-corrected chi connectivity index (χ1v) is 7.28. The molecule has 0 aliphatic carbocycles. The molecule has 0 saturated carbocycles. The Kier molecular flexibility index (Phi) is 6.13. The molecule has 0 fully saturated rings. The highest BCUT2D eigenvalue weighted by Gasteiger charge is 2.20. The zero-order chi connectivity index (χ0) is 14.9. The summed E-state index contributed by atoms with van der Waals surface area (Å²) in [4.78, 5) is 12.7. The maximum absolute atomic E-state index is 12.7. The van der Waals surface area contributed by atoms with Crippen LogP contribution in [0.2, 0.25) is 0 Å². The maximum Gasteiger partial charge on any atom is 0.184 e. The summed E-state index contributed by atoms with van der Waals surface area (Å²) >= 11 is 0. The van der Waals surface area contributed by atoms with Crippen molar-refractivity contribution in [1.82, 2.24) is 5.32 Å². The van der Waals surface area contributed by atoms with E-state index >= 15 is 0 Å². The Morgan fingerprint density at radius 3 is 2.29 bits per heavy atom. The van der Waals surface area contributed by atoms with Crippen LogP contribution >= 0.6 is 0 Å². The molecule has 0 amide bonds. The highest BCUT2D eigenvalue weighted by molar-refractivity contribution is 6.00. The molecule has 21 heavy (non-hydrogen) atoms. The molecule has 1 unspecified atom stereocenters. The van der Waals surface area contributed by atoms with Gasteiger partial charge in [0, 0.05) is 18.7 Å². The fourth-order valence-electron chi connectivity index (χ4n) is 2.20. The first kappa shape index (κ1) is 15.4. The van der Waals surface area contributed by atoms with E-state index in [-0.39, 0.29) is 11.8 Å². The van der Waals surface area contributed by atoms with Gasteiger partial charge in [0.25, 0.3) is 0 Å². The van der Waals surface area contributed by atoms with Crippen LogP contribution in [0, 0.1) is 0 Å². The van der Waals surface area contributed by atoms with Crippen LogP contribution < -0.4 is 5.32 Å². The van der Waals surface area contributed by atoms with E-state index in [1.165, 1.54) is 0 Å². The molecular formula is C18H21NO2. The third kappa shape index (κ3) is 4.52. The molecule has 0 bridgehead atoms. The standard InChI is InChI=1S/C18H21NO2/c1-2-21-14-13-19-17(15-9-5-3-6-10-15)18(20)16-11-7-4-8-12-16/h3-12,17,19H,2,13-14H2,1H3. The summed E-state index contributed by atoms with van der Waals surface area (Å²) in [5.74, 6) is 0.0818. The Balaban J connectivity index is 2.14. The van der Waals surface area contributed by atoms with E-state index in [1.807, 2.05) is 67.6 Å². The first-order chi connectivity index (χ1) is 10.3. The summed E-state index contributed by atoms with van der Waals surface area (Å²) < 4.78 is 5.33. The Hall–Kier alpha value is -1.97. The molecule has 0 radical (unpaired) electrons. The normalized spacial score (nSPS) is 12.0. The number of nitrogens with one attached hydrogen (secondary N) is 1. The van der Waals surface area contributed by atoms with Crippen molar-refractivity contribution < 1.29 is 9.53 Å². The first-order valence-electron chi connectivity index (χ1n) is 7.28. The van der Waals surface area contributed by atoms with E-state index in [0.29, 0.717) is 19.8 Å². The molecule has 110 valence electrons. The fourth-order valence-corrected chi connectivity index (χ4v) is 2.20. The summed E-state index contributed by atoms with van der Waals surface area (Å²) in [7, 11) is 0. The van der Waals surface area contributed by atoms with Crippen molar-refractivity contribution in [2.24, 2.45) is 0 Å². The lowest BCUT2D eigenvalue weighted by Crippen LogP contribution is -2.31. The smallest absolute Gasteiger partial charge is 0.184 e. The molecule has 0 heterocycles.